The van der Waals surface area contributed by atoms with Crippen molar-refractivity contribution in [1.29, 1.82) is 0 Å². The van der Waals surface area contributed by atoms with Crippen LogP contribution in [0.25, 0.3) is 0 Å². The lowest BCUT2D eigenvalue weighted by Crippen LogP contribution is -2.42. The molecule has 1 atom stereocenters. The summed E-state index contributed by atoms with van der Waals surface area (Å²) in [5, 5.41) is 15.6. The number of ether oxygens (including phenoxy) is 1. The standard InChI is InChI=1S/C27H36N4O4/c1-16-13-17(2)29-18(3)24(16)26(32)31-23(27(33)34)10-12-35-22-14-19(15-22)6-8-21-9-7-20-5-4-11-28-25(20)30-21/h7,9,13,19,22-23H,4-6,8,10-12,14-15H2,1-3H3,(H,28,30)(H,31,32)(H,33,34)/t19-,22+,23-/m0/s1. The van der Waals surface area contributed by atoms with E-state index in [1.165, 1.54) is 12.0 Å². The topological polar surface area (TPSA) is 113 Å². The SMILES string of the molecule is Cc1cc(C)c(C(=O)N[C@@H](CCO[C@H]2C[C@@H](CCc3ccc4c(n3)NCCC4)C2)C(=O)O)c(C)n1. The van der Waals surface area contributed by atoms with E-state index < -0.39 is 17.9 Å². The number of carboxylic acid groups (broad SMARTS) is 1. The number of pyridine rings is 2. The summed E-state index contributed by atoms with van der Waals surface area (Å²) in [7, 11) is 0. The van der Waals surface area contributed by atoms with E-state index in [1.807, 2.05) is 19.9 Å². The predicted molar refractivity (Wildman–Crippen MR) is 134 cm³/mol. The number of carbonyl (C=O) groups excluding carboxylic acids is 1. The highest BCUT2D eigenvalue weighted by atomic mass is 16.5. The number of fused-ring (bicyclic) bond motifs is 1. The Bertz CT molecular complexity index is 1060. The normalized spacial score (nSPS) is 19.7. The number of rotatable bonds is 10. The Labute approximate surface area is 206 Å². The fourth-order valence-corrected chi connectivity index (χ4v) is 5.11. The number of aryl methyl sites for hydroxylation is 5. The molecule has 1 aliphatic carbocycles. The molecule has 1 aliphatic heterocycles. The van der Waals surface area contributed by atoms with Crippen molar-refractivity contribution in [2.75, 3.05) is 18.5 Å². The molecule has 2 aromatic rings. The van der Waals surface area contributed by atoms with Gasteiger partial charge in [-0.3, -0.25) is 9.78 Å². The van der Waals surface area contributed by atoms with Gasteiger partial charge >= 0.3 is 5.97 Å². The van der Waals surface area contributed by atoms with Crippen molar-refractivity contribution in [2.24, 2.45) is 5.92 Å². The Balaban J connectivity index is 1.18. The van der Waals surface area contributed by atoms with Gasteiger partial charge in [0, 0.05) is 31.0 Å². The average Bonchev–Trinajstić information content (AvgIpc) is 2.78. The molecule has 188 valence electrons. The van der Waals surface area contributed by atoms with E-state index in [0.29, 0.717) is 23.8 Å². The quantitative estimate of drug-likeness (QED) is 0.474. The second-order valence-electron chi connectivity index (χ2n) is 9.90. The van der Waals surface area contributed by atoms with Crippen molar-refractivity contribution in [1.82, 2.24) is 15.3 Å². The molecule has 4 rings (SSSR count). The minimum atomic E-state index is -1.06. The van der Waals surface area contributed by atoms with Gasteiger partial charge in [0.15, 0.2) is 0 Å². The second-order valence-corrected chi connectivity index (χ2v) is 9.90. The fourth-order valence-electron chi connectivity index (χ4n) is 5.11. The number of aromatic nitrogens is 2. The van der Waals surface area contributed by atoms with Crippen LogP contribution in [0.4, 0.5) is 5.82 Å². The number of nitrogens with zero attached hydrogens (tertiary/aromatic N) is 2. The third-order valence-electron chi connectivity index (χ3n) is 7.07. The molecule has 0 unspecified atom stereocenters. The number of hydrogen-bond acceptors (Lipinski definition) is 6. The summed E-state index contributed by atoms with van der Waals surface area (Å²) >= 11 is 0. The van der Waals surface area contributed by atoms with Crippen LogP contribution in [0.1, 0.15) is 70.7 Å². The highest BCUT2D eigenvalue weighted by molar-refractivity contribution is 5.98. The van der Waals surface area contributed by atoms with Gasteiger partial charge in [-0.2, -0.15) is 0 Å². The number of carbonyl (C=O) groups is 2. The van der Waals surface area contributed by atoms with E-state index in [1.54, 1.807) is 6.92 Å². The molecule has 8 heteroatoms. The van der Waals surface area contributed by atoms with Crippen LogP contribution in [0.5, 0.6) is 0 Å². The summed E-state index contributed by atoms with van der Waals surface area (Å²) in [4.78, 5) is 33.5. The maximum Gasteiger partial charge on any atom is 0.326 e. The van der Waals surface area contributed by atoms with Gasteiger partial charge in [-0.1, -0.05) is 6.07 Å². The number of anilines is 1. The Morgan fingerprint density at radius 2 is 2.03 bits per heavy atom. The van der Waals surface area contributed by atoms with E-state index in [4.69, 9.17) is 9.72 Å². The summed E-state index contributed by atoms with van der Waals surface area (Å²) in [5.41, 5.74) is 5.10. The van der Waals surface area contributed by atoms with Crippen LogP contribution in [0.3, 0.4) is 0 Å². The first-order valence-electron chi connectivity index (χ1n) is 12.6. The molecule has 1 amide bonds. The van der Waals surface area contributed by atoms with Crippen molar-refractivity contribution in [3.8, 4) is 0 Å². The Morgan fingerprint density at radius 1 is 1.23 bits per heavy atom. The van der Waals surface area contributed by atoms with Gasteiger partial charge in [0.2, 0.25) is 0 Å². The van der Waals surface area contributed by atoms with Gasteiger partial charge in [0.05, 0.1) is 17.4 Å². The zero-order chi connectivity index (χ0) is 24.9. The van der Waals surface area contributed by atoms with Crippen molar-refractivity contribution >= 4 is 17.7 Å². The van der Waals surface area contributed by atoms with Crippen LogP contribution in [-0.2, 0) is 22.4 Å². The van der Waals surface area contributed by atoms with E-state index in [2.05, 4.69) is 27.8 Å². The Kier molecular flexibility index (Phi) is 8.00. The van der Waals surface area contributed by atoms with Crippen LogP contribution in [-0.4, -0.2) is 52.2 Å². The van der Waals surface area contributed by atoms with Crippen LogP contribution >= 0.6 is 0 Å². The molecule has 1 saturated carbocycles. The molecule has 3 heterocycles. The summed E-state index contributed by atoms with van der Waals surface area (Å²) in [5.74, 6) is 0.193. The van der Waals surface area contributed by atoms with Crippen molar-refractivity contribution in [3.63, 3.8) is 0 Å². The first-order chi connectivity index (χ1) is 16.8. The van der Waals surface area contributed by atoms with E-state index in [0.717, 1.165) is 61.4 Å². The first kappa shape index (κ1) is 25.1. The minimum absolute atomic E-state index is 0.161. The molecule has 0 aromatic carbocycles. The molecular formula is C27H36N4O4. The van der Waals surface area contributed by atoms with Crippen molar-refractivity contribution in [2.45, 2.75) is 77.9 Å². The number of carboxylic acids is 1. The number of amides is 1. The minimum Gasteiger partial charge on any atom is -0.480 e. The van der Waals surface area contributed by atoms with E-state index in [9.17, 15) is 14.7 Å². The maximum atomic E-state index is 12.7. The molecule has 0 spiro atoms. The van der Waals surface area contributed by atoms with Gasteiger partial charge in [-0.05, 0) is 88.5 Å². The number of hydrogen-bond donors (Lipinski definition) is 3. The summed E-state index contributed by atoms with van der Waals surface area (Å²) in [6.45, 7) is 6.77. The number of aliphatic carboxylic acids is 1. The molecule has 2 aromatic heterocycles. The molecule has 8 nitrogen and oxygen atoms in total. The Morgan fingerprint density at radius 3 is 2.77 bits per heavy atom. The van der Waals surface area contributed by atoms with Gasteiger partial charge in [0.1, 0.15) is 11.9 Å². The molecule has 0 saturated heterocycles. The van der Waals surface area contributed by atoms with Crippen molar-refractivity contribution < 1.29 is 19.4 Å². The van der Waals surface area contributed by atoms with Gasteiger partial charge in [-0.15, -0.1) is 0 Å². The Hall–Kier alpha value is -3.00. The molecule has 0 bridgehead atoms. The average molecular weight is 481 g/mol. The lowest BCUT2D eigenvalue weighted by atomic mass is 9.79. The second kappa shape index (κ2) is 11.2. The van der Waals surface area contributed by atoms with Gasteiger partial charge in [-0.25, -0.2) is 9.78 Å². The maximum absolute atomic E-state index is 12.7. The summed E-state index contributed by atoms with van der Waals surface area (Å²) in [6, 6.07) is 5.18. The van der Waals surface area contributed by atoms with Crippen LogP contribution in [0.2, 0.25) is 0 Å². The van der Waals surface area contributed by atoms with E-state index in [-0.39, 0.29) is 12.5 Å². The third-order valence-corrected chi connectivity index (χ3v) is 7.07. The molecule has 1 fully saturated rings. The first-order valence-corrected chi connectivity index (χ1v) is 12.6. The smallest absolute Gasteiger partial charge is 0.326 e. The van der Waals surface area contributed by atoms with Crippen molar-refractivity contribution in [3.05, 3.63) is 52.0 Å². The lowest BCUT2D eigenvalue weighted by molar-refractivity contribution is -0.140. The number of nitrogens with one attached hydrogen (secondary N) is 2. The highest BCUT2D eigenvalue weighted by Gasteiger charge is 2.30. The highest BCUT2D eigenvalue weighted by Crippen LogP contribution is 2.34. The van der Waals surface area contributed by atoms with Crippen LogP contribution in [0.15, 0.2) is 18.2 Å². The fraction of sp³-hybridized carbons (Fsp3) is 0.556. The summed E-state index contributed by atoms with van der Waals surface area (Å²) in [6.07, 6.45) is 6.68. The zero-order valence-corrected chi connectivity index (χ0v) is 20.9. The van der Waals surface area contributed by atoms with Gasteiger partial charge < -0.3 is 20.5 Å². The van der Waals surface area contributed by atoms with E-state index >= 15 is 0 Å². The molecular weight excluding hydrogens is 444 g/mol. The van der Waals surface area contributed by atoms with Crippen LogP contribution < -0.4 is 10.6 Å². The molecule has 35 heavy (non-hydrogen) atoms. The third kappa shape index (κ3) is 6.36. The molecule has 2 aliphatic rings. The monoisotopic (exact) mass is 480 g/mol. The summed E-state index contributed by atoms with van der Waals surface area (Å²) < 4.78 is 5.91. The zero-order valence-electron chi connectivity index (χ0n) is 20.9. The van der Waals surface area contributed by atoms with Gasteiger partial charge in [0.25, 0.3) is 5.91 Å². The van der Waals surface area contributed by atoms with Crippen LogP contribution in [0, 0.1) is 26.7 Å². The lowest BCUT2D eigenvalue weighted by Gasteiger charge is -2.35. The molecule has 0 radical (unpaired) electrons. The largest absolute Gasteiger partial charge is 0.480 e. The molecule has 3 N–H and O–H groups in total. The predicted octanol–water partition coefficient (Wildman–Crippen LogP) is 3.76.